The van der Waals surface area contributed by atoms with Crippen LogP contribution >= 0.6 is 11.3 Å². The molecule has 0 amide bonds. The summed E-state index contributed by atoms with van der Waals surface area (Å²) in [6, 6.07) is 21.6. The van der Waals surface area contributed by atoms with Gasteiger partial charge < -0.3 is 9.47 Å². The topological polar surface area (TPSA) is 86.9 Å². The summed E-state index contributed by atoms with van der Waals surface area (Å²) in [4.78, 5) is 20.8. The Kier molecular flexibility index (Phi) is 6.23. The van der Waals surface area contributed by atoms with Crippen LogP contribution in [0.25, 0.3) is 21.7 Å². The number of rotatable bonds is 7. The van der Waals surface area contributed by atoms with E-state index < -0.39 is 4.92 Å². The van der Waals surface area contributed by atoms with Gasteiger partial charge in [-0.05, 0) is 54.1 Å². The first-order valence-electron chi connectivity index (χ1n) is 9.66. The third-order valence-electron chi connectivity index (χ3n) is 4.77. The standard InChI is InChI=1S/C24H19N3O4S/c1-30-20-13-9-16(10-14-20)22-23(17-7-11-19(12-8-17)27(28)29)32-24(26-22)25-15-18-5-3-4-6-21(18)31-2/h3-15H,1-2H3. The van der Waals surface area contributed by atoms with E-state index in [4.69, 9.17) is 14.5 Å². The SMILES string of the molecule is COc1ccc(-c2nc(N=Cc3ccccc3OC)sc2-c2ccc([N+](=O)[O-])cc2)cc1. The van der Waals surface area contributed by atoms with E-state index in [1.54, 1.807) is 32.6 Å². The van der Waals surface area contributed by atoms with Gasteiger partial charge in [0, 0.05) is 29.5 Å². The minimum atomic E-state index is -0.413. The van der Waals surface area contributed by atoms with Crippen molar-refractivity contribution in [3.05, 3.63) is 88.5 Å². The summed E-state index contributed by atoms with van der Waals surface area (Å²) in [5, 5.41) is 11.6. The highest BCUT2D eigenvalue weighted by atomic mass is 32.1. The van der Waals surface area contributed by atoms with E-state index in [1.165, 1.54) is 23.5 Å². The van der Waals surface area contributed by atoms with Crippen LogP contribution < -0.4 is 9.47 Å². The number of hydrogen-bond acceptors (Lipinski definition) is 7. The maximum absolute atomic E-state index is 11.0. The van der Waals surface area contributed by atoms with Crippen molar-refractivity contribution in [2.75, 3.05) is 14.2 Å². The van der Waals surface area contributed by atoms with Crippen LogP contribution in [-0.4, -0.2) is 30.3 Å². The molecule has 0 bridgehead atoms. The van der Waals surface area contributed by atoms with Gasteiger partial charge in [-0.1, -0.05) is 23.5 Å². The average Bonchev–Trinajstić information content (AvgIpc) is 3.27. The quantitative estimate of drug-likeness (QED) is 0.193. The predicted molar refractivity (Wildman–Crippen MR) is 126 cm³/mol. The molecule has 160 valence electrons. The van der Waals surface area contributed by atoms with Gasteiger partial charge in [0.2, 0.25) is 5.13 Å². The third kappa shape index (κ3) is 4.50. The summed E-state index contributed by atoms with van der Waals surface area (Å²) >= 11 is 1.41. The summed E-state index contributed by atoms with van der Waals surface area (Å²) in [6.45, 7) is 0. The van der Waals surface area contributed by atoms with Crippen molar-refractivity contribution in [2.24, 2.45) is 4.99 Å². The largest absolute Gasteiger partial charge is 0.497 e. The average molecular weight is 446 g/mol. The van der Waals surface area contributed by atoms with Crippen molar-refractivity contribution in [1.82, 2.24) is 4.98 Å². The zero-order valence-corrected chi connectivity index (χ0v) is 18.2. The highest BCUT2D eigenvalue weighted by molar-refractivity contribution is 7.19. The Morgan fingerprint density at radius 3 is 2.28 bits per heavy atom. The third-order valence-corrected chi connectivity index (χ3v) is 5.79. The van der Waals surface area contributed by atoms with E-state index in [0.717, 1.165) is 38.8 Å². The second-order valence-corrected chi connectivity index (χ2v) is 7.68. The number of benzene rings is 3. The normalized spacial score (nSPS) is 10.9. The lowest BCUT2D eigenvalue weighted by Gasteiger charge is -2.04. The number of hydrogen-bond donors (Lipinski definition) is 0. The lowest BCUT2D eigenvalue weighted by atomic mass is 10.1. The Morgan fingerprint density at radius 2 is 1.62 bits per heavy atom. The van der Waals surface area contributed by atoms with Crippen LogP contribution in [0.15, 0.2) is 77.8 Å². The molecule has 4 aromatic rings. The molecular formula is C24H19N3O4S. The zero-order chi connectivity index (χ0) is 22.5. The monoisotopic (exact) mass is 445 g/mol. The highest BCUT2D eigenvalue weighted by Gasteiger charge is 2.16. The fourth-order valence-electron chi connectivity index (χ4n) is 3.14. The molecule has 0 saturated carbocycles. The molecule has 0 fully saturated rings. The number of aliphatic imine (C=N–C) groups is 1. The molecule has 0 unspecified atom stereocenters. The molecule has 0 spiro atoms. The van der Waals surface area contributed by atoms with Gasteiger partial charge in [0.05, 0.1) is 29.7 Å². The fourth-order valence-corrected chi connectivity index (χ4v) is 4.08. The van der Waals surface area contributed by atoms with Crippen LogP contribution in [0, 0.1) is 10.1 Å². The van der Waals surface area contributed by atoms with Crippen molar-refractivity contribution >= 4 is 28.4 Å². The summed E-state index contributed by atoms with van der Waals surface area (Å²) in [5.41, 5.74) is 3.36. The molecule has 0 N–H and O–H groups in total. The first kappa shape index (κ1) is 21.2. The van der Waals surface area contributed by atoms with Crippen LogP contribution in [0.5, 0.6) is 11.5 Å². The molecule has 1 heterocycles. The van der Waals surface area contributed by atoms with Gasteiger partial charge in [-0.25, -0.2) is 9.98 Å². The van der Waals surface area contributed by atoms with Crippen LogP contribution in [-0.2, 0) is 0 Å². The van der Waals surface area contributed by atoms with E-state index >= 15 is 0 Å². The lowest BCUT2D eigenvalue weighted by molar-refractivity contribution is -0.384. The predicted octanol–water partition coefficient (Wildman–Crippen LogP) is 6.15. The van der Waals surface area contributed by atoms with Gasteiger partial charge in [-0.15, -0.1) is 0 Å². The molecule has 0 radical (unpaired) electrons. The molecule has 0 aliphatic rings. The van der Waals surface area contributed by atoms with Crippen molar-refractivity contribution in [2.45, 2.75) is 0 Å². The molecule has 0 aliphatic heterocycles. The number of nitro benzene ring substituents is 1. The Balaban J connectivity index is 1.77. The van der Waals surface area contributed by atoms with E-state index in [1.807, 2.05) is 48.5 Å². The van der Waals surface area contributed by atoms with Crippen molar-refractivity contribution < 1.29 is 14.4 Å². The van der Waals surface area contributed by atoms with E-state index in [2.05, 4.69) is 4.99 Å². The van der Waals surface area contributed by atoms with E-state index in [-0.39, 0.29) is 5.69 Å². The van der Waals surface area contributed by atoms with Gasteiger partial charge in [-0.2, -0.15) is 0 Å². The molecule has 0 aliphatic carbocycles. The first-order valence-corrected chi connectivity index (χ1v) is 10.5. The molecule has 7 nitrogen and oxygen atoms in total. The highest BCUT2D eigenvalue weighted by Crippen LogP contribution is 2.41. The fraction of sp³-hybridized carbons (Fsp3) is 0.0833. The second kappa shape index (κ2) is 9.40. The zero-order valence-electron chi connectivity index (χ0n) is 17.4. The Morgan fingerprint density at radius 1 is 0.938 bits per heavy atom. The van der Waals surface area contributed by atoms with Crippen LogP contribution in [0.2, 0.25) is 0 Å². The number of non-ortho nitro benzene ring substituents is 1. The summed E-state index contributed by atoms with van der Waals surface area (Å²) in [7, 11) is 3.23. The molecule has 3 aromatic carbocycles. The number of nitrogens with zero attached hydrogens (tertiary/aromatic N) is 3. The number of para-hydroxylation sites is 1. The number of aromatic nitrogens is 1. The Labute approximate surface area is 188 Å². The van der Waals surface area contributed by atoms with Crippen molar-refractivity contribution in [3.8, 4) is 33.2 Å². The molecule has 4 rings (SSSR count). The molecule has 0 atom stereocenters. The molecule has 8 heteroatoms. The summed E-state index contributed by atoms with van der Waals surface area (Å²) in [5.74, 6) is 1.47. The van der Waals surface area contributed by atoms with Crippen LogP contribution in [0.1, 0.15) is 5.56 Å². The summed E-state index contributed by atoms with van der Waals surface area (Å²) in [6.07, 6.45) is 1.72. The minimum Gasteiger partial charge on any atom is -0.497 e. The Bertz CT molecular complexity index is 1270. The minimum absolute atomic E-state index is 0.0404. The lowest BCUT2D eigenvalue weighted by Crippen LogP contribution is -1.89. The van der Waals surface area contributed by atoms with Crippen molar-refractivity contribution in [1.29, 1.82) is 0 Å². The Hall–Kier alpha value is -4.04. The van der Waals surface area contributed by atoms with E-state index in [0.29, 0.717) is 5.13 Å². The smallest absolute Gasteiger partial charge is 0.269 e. The van der Waals surface area contributed by atoms with Gasteiger partial charge in [0.25, 0.3) is 5.69 Å². The maximum Gasteiger partial charge on any atom is 0.269 e. The molecule has 0 saturated heterocycles. The number of methoxy groups -OCH3 is 2. The van der Waals surface area contributed by atoms with Gasteiger partial charge >= 0.3 is 0 Å². The molecule has 32 heavy (non-hydrogen) atoms. The van der Waals surface area contributed by atoms with Gasteiger partial charge in [-0.3, -0.25) is 10.1 Å². The first-order chi connectivity index (χ1) is 15.6. The van der Waals surface area contributed by atoms with Crippen molar-refractivity contribution in [3.63, 3.8) is 0 Å². The number of ether oxygens (including phenoxy) is 2. The summed E-state index contributed by atoms with van der Waals surface area (Å²) < 4.78 is 10.6. The van der Waals surface area contributed by atoms with Crippen LogP contribution in [0.4, 0.5) is 10.8 Å². The maximum atomic E-state index is 11.0. The number of thiazole rings is 1. The van der Waals surface area contributed by atoms with Gasteiger partial charge in [0.1, 0.15) is 11.5 Å². The van der Waals surface area contributed by atoms with Gasteiger partial charge in [0.15, 0.2) is 0 Å². The molecule has 1 aromatic heterocycles. The molecular weight excluding hydrogens is 426 g/mol. The second-order valence-electron chi connectivity index (χ2n) is 6.71. The van der Waals surface area contributed by atoms with Crippen LogP contribution in [0.3, 0.4) is 0 Å². The van der Waals surface area contributed by atoms with E-state index in [9.17, 15) is 10.1 Å². The number of nitro groups is 1.